The quantitative estimate of drug-likeness (QED) is 0.883. The van der Waals surface area contributed by atoms with Gasteiger partial charge in [0.25, 0.3) is 0 Å². The summed E-state index contributed by atoms with van der Waals surface area (Å²) >= 11 is 0. The van der Waals surface area contributed by atoms with Crippen LogP contribution in [0.2, 0.25) is 0 Å². The molecule has 0 atom stereocenters. The Morgan fingerprint density at radius 1 is 1.17 bits per heavy atom. The van der Waals surface area contributed by atoms with Crippen LogP contribution in [0, 0.1) is 5.92 Å². The van der Waals surface area contributed by atoms with Crippen LogP contribution in [0.5, 0.6) is 0 Å². The van der Waals surface area contributed by atoms with Gasteiger partial charge >= 0.3 is 0 Å². The third-order valence-electron chi connectivity index (χ3n) is 3.57. The summed E-state index contributed by atoms with van der Waals surface area (Å²) in [5.41, 5.74) is 0.625. The number of sulfonamides is 1. The van der Waals surface area contributed by atoms with Crippen LogP contribution in [-0.2, 0) is 10.0 Å². The second kappa shape index (κ2) is 5.28. The molecule has 0 spiro atoms. The molecule has 3 N–H and O–H groups in total. The molecule has 100 valence electrons. The summed E-state index contributed by atoms with van der Waals surface area (Å²) in [7, 11) is -3.66. The zero-order valence-electron chi connectivity index (χ0n) is 10.6. The van der Waals surface area contributed by atoms with Gasteiger partial charge in [-0.3, -0.25) is 0 Å². The minimum Gasteiger partial charge on any atom is -0.381 e. The second-order valence-electron chi connectivity index (χ2n) is 5.14. The minimum absolute atomic E-state index is 0.184. The largest absolute Gasteiger partial charge is 0.381 e. The molecule has 1 aliphatic carbocycles. The first kappa shape index (κ1) is 13.4. The smallest absolute Gasteiger partial charge is 0.240 e. The molecule has 18 heavy (non-hydrogen) atoms. The Morgan fingerprint density at radius 2 is 1.78 bits per heavy atom. The van der Waals surface area contributed by atoms with E-state index in [1.165, 1.54) is 12.8 Å². The fraction of sp³-hybridized carbons (Fsp3) is 0.538. The zero-order chi connectivity index (χ0) is 13.2. The lowest BCUT2D eigenvalue weighted by molar-refractivity contribution is 0.361. The maximum absolute atomic E-state index is 11.5. The van der Waals surface area contributed by atoms with Crippen LogP contribution in [-0.4, -0.2) is 14.5 Å². The topological polar surface area (TPSA) is 72.2 Å². The van der Waals surface area contributed by atoms with Crippen molar-refractivity contribution < 1.29 is 8.42 Å². The van der Waals surface area contributed by atoms with Gasteiger partial charge < -0.3 is 5.32 Å². The SMILES string of the molecule is CC1CCC(Nc2ccccc2S(N)(=O)=O)CC1. The van der Waals surface area contributed by atoms with E-state index in [0.717, 1.165) is 18.8 Å². The first-order valence-electron chi connectivity index (χ1n) is 6.35. The highest BCUT2D eigenvalue weighted by molar-refractivity contribution is 7.89. The maximum atomic E-state index is 11.5. The van der Waals surface area contributed by atoms with Crippen LogP contribution in [0.15, 0.2) is 29.2 Å². The normalized spacial score (nSPS) is 24.8. The lowest BCUT2D eigenvalue weighted by Crippen LogP contribution is -2.26. The van der Waals surface area contributed by atoms with E-state index in [2.05, 4.69) is 12.2 Å². The van der Waals surface area contributed by atoms with E-state index in [9.17, 15) is 8.42 Å². The molecule has 0 aliphatic heterocycles. The monoisotopic (exact) mass is 268 g/mol. The summed E-state index contributed by atoms with van der Waals surface area (Å²) < 4.78 is 23.0. The molecule has 2 rings (SSSR count). The Balaban J connectivity index is 2.15. The summed E-state index contributed by atoms with van der Waals surface area (Å²) in [5, 5.41) is 8.53. The van der Waals surface area contributed by atoms with Crippen LogP contribution in [0.4, 0.5) is 5.69 Å². The number of anilines is 1. The molecule has 0 aromatic heterocycles. The van der Waals surface area contributed by atoms with Crippen molar-refractivity contribution in [3.63, 3.8) is 0 Å². The summed E-state index contributed by atoms with van der Waals surface area (Å²) in [6.07, 6.45) is 4.55. The average Bonchev–Trinajstić information content (AvgIpc) is 2.31. The van der Waals surface area contributed by atoms with Gasteiger partial charge in [0.2, 0.25) is 10.0 Å². The molecule has 1 aliphatic rings. The molecule has 1 fully saturated rings. The molecule has 0 amide bonds. The number of nitrogens with one attached hydrogen (secondary N) is 1. The van der Waals surface area contributed by atoms with Crippen molar-refractivity contribution in [2.24, 2.45) is 11.1 Å². The van der Waals surface area contributed by atoms with Gasteiger partial charge in [-0.25, -0.2) is 13.6 Å². The molecule has 1 aromatic carbocycles. The van der Waals surface area contributed by atoms with Gasteiger partial charge in [-0.2, -0.15) is 0 Å². The van der Waals surface area contributed by atoms with Crippen molar-refractivity contribution in [1.29, 1.82) is 0 Å². The maximum Gasteiger partial charge on any atom is 0.240 e. The van der Waals surface area contributed by atoms with E-state index >= 15 is 0 Å². The molecule has 0 heterocycles. The summed E-state index contributed by atoms with van der Waals surface area (Å²) in [6.45, 7) is 2.26. The number of primary sulfonamides is 1. The predicted molar refractivity (Wildman–Crippen MR) is 72.9 cm³/mol. The van der Waals surface area contributed by atoms with Gasteiger partial charge in [-0.1, -0.05) is 19.1 Å². The Bertz CT molecular complexity index is 505. The lowest BCUT2D eigenvalue weighted by Gasteiger charge is -2.28. The Labute approximate surface area is 109 Å². The molecule has 5 heteroatoms. The molecule has 1 aromatic rings. The van der Waals surface area contributed by atoms with Crippen LogP contribution < -0.4 is 10.5 Å². The molecular weight excluding hydrogens is 248 g/mol. The number of rotatable bonds is 3. The van der Waals surface area contributed by atoms with E-state index in [4.69, 9.17) is 5.14 Å². The van der Waals surface area contributed by atoms with E-state index in [-0.39, 0.29) is 4.90 Å². The van der Waals surface area contributed by atoms with Gasteiger partial charge in [-0.15, -0.1) is 0 Å². The van der Waals surface area contributed by atoms with Gasteiger partial charge in [0.15, 0.2) is 0 Å². The van der Waals surface area contributed by atoms with Crippen molar-refractivity contribution in [2.45, 2.75) is 43.5 Å². The summed E-state index contributed by atoms with van der Waals surface area (Å²) in [6, 6.07) is 7.18. The van der Waals surface area contributed by atoms with Gasteiger partial charge in [-0.05, 0) is 43.7 Å². The number of nitrogens with two attached hydrogens (primary N) is 1. The zero-order valence-corrected chi connectivity index (χ0v) is 11.4. The van der Waals surface area contributed by atoms with E-state index < -0.39 is 10.0 Å². The molecule has 1 saturated carbocycles. The van der Waals surface area contributed by atoms with Gasteiger partial charge in [0.1, 0.15) is 4.90 Å². The molecule has 0 radical (unpaired) electrons. The number of para-hydroxylation sites is 1. The third-order valence-corrected chi connectivity index (χ3v) is 4.54. The van der Waals surface area contributed by atoms with Crippen LogP contribution in [0.25, 0.3) is 0 Å². The highest BCUT2D eigenvalue weighted by Crippen LogP contribution is 2.28. The standard InChI is InChI=1S/C13H20N2O2S/c1-10-6-8-11(9-7-10)15-12-4-2-3-5-13(12)18(14,16)17/h2-5,10-11,15H,6-9H2,1H3,(H2,14,16,17). The Hall–Kier alpha value is -1.07. The number of benzene rings is 1. The number of hydrogen-bond donors (Lipinski definition) is 2. The van der Waals surface area contributed by atoms with Crippen LogP contribution >= 0.6 is 0 Å². The summed E-state index contributed by atoms with van der Waals surface area (Å²) in [4.78, 5) is 0.184. The fourth-order valence-electron chi connectivity index (χ4n) is 2.46. The molecular formula is C13H20N2O2S. The number of hydrogen-bond acceptors (Lipinski definition) is 3. The Kier molecular flexibility index (Phi) is 3.92. The molecule has 0 saturated heterocycles. The van der Waals surface area contributed by atoms with Gasteiger partial charge in [0.05, 0.1) is 5.69 Å². The lowest BCUT2D eigenvalue weighted by atomic mass is 9.87. The van der Waals surface area contributed by atoms with E-state index in [1.54, 1.807) is 18.2 Å². The van der Waals surface area contributed by atoms with Crippen molar-refractivity contribution in [3.05, 3.63) is 24.3 Å². The minimum atomic E-state index is -3.66. The van der Waals surface area contributed by atoms with Gasteiger partial charge in [0, 0.05) is 6.04 Å². The molecule has 4 nitrogen and oxygen atoms in total. The molecule has 0 unspecified atom stereocenters. The Morgan fingerprint density at radius 3 is 2.39 bits per heavy atom. The van der Waals surface area contributed by atoms with Crippen molar-refractivity contribution in [1.82, 2.24) is 0 Å². The highest BCUT2D eigenvalue weighted by atomic mass is 32.2. The first-order chi connectivity index (χ1) is 8.47. The first-order valence-corrected chi connectivity index (χ1v) is 7.90. The summed E-state index contributed by atoms with van der Waals surface area (Å²) in [5.74, 6) is 0.775. The fourth-order valence-corrected chi connectivity index (χ4v) is 3.16. The molecule has 0 bridgehead atoms. The van der Waals surface area contributed by atoms with Crippen molar-refractivity contribution >= 4 is 15.7 Å². The van der Waals surface area contributed by atoms with Crippen molar-refractivity contribution in [2.75, 3.05) is 5.32 Å². The van der Waals surface area contributed by atoms with Crippen molar-refractivity contribution in [3.8, 4) is 0 Å². The van der Waals surface area contributed by atoms with Crippen LogP contribution in [0.1, 0.15) is 32.6 Å². The van der Waals surface area contributed by atoms with E-state index in [1.807, 2.05) is 6.07 Å². The highest BCUT2D eigenvalue weighted by Gasteiger charge is 2.20. The van der Waals surface area contributed by atoms with Crippen LogP contribution in [0.3, 0.4) is 0 Å². The average molecular weight is 268 g/mol. The predicted octanol–water partition coefficient (Wildman–Crippen LogP) is 2.32. The third kappa shape index (κ3) is 3.23. The van der Waals surface area contributed by atoms with E-state index in [0.29, 0.717) is 11.7 Å². The second-order valence-corrected chi connectivity index (χ2v) is 6.67.